The van der Waals surface area contributed by atoms with Gasteiger partial charge in [0.15, 0.2) is 0 Å². The van der Waals surface area contributed by atoms with E-state index in [0.717, 1.165) is 16.8 Å². The highest BCUT2D eigenvalue weighted by atomic mass is 16.1. The summed E-state index contributed by atoms with van der Waals surface area (Å²) in [6.45, 7) is 0. The number of rotatable bonds is 4. The summed E-state index contributed by atoms with van der Waals surface area (Å²) in [5, 5.41) is 0. The number of nitrogens with two attached hydrogens (primary N) is 2. The van der Waals surface area contributed by atoms with Crippen molar-refractivity contribution >= 4 is 5.91 Å². The summed E-state index contributed by atoms with van der Waals surface area (Å²) >= 11 is 0. The van der Waals surface area contributed by atoms with Crippen LogP contribution in [-0.4, -0.2) is 10.9 Å². The number of primary amides is 1. The Kier molecular flexibility index (Phi) is 3.69. The van der Waals surface area contributed by atoms with Gasteiger partial charge in [0, 0.05) is 24.2 Å². The van der Waals surface area contributed by atoms with E-state index in [1.807, 2.05) is 42.5 Å². The van der Waals surface area contributed by atoms with Gasteiger partial charge in [0.05, 0.1) is 5.69 Å². The second-order valence-electron chi connectivity index (χ2n) is 4.11. The third-order valence-electron chi connectivity index (χ3n) is 2.72. The molecule has 1 atom stereocenters. The quantitative estimate of drug-likeness (QED) is 0.853. The molecule has 1 unspecified atom stereocenters. The average molecular weight is 241 g/mol. The molecule has 0 bridgehead atoms. The largest absolute Gasteiger partial charge is 0.370 e. The van der Waals surface area contributed by atoms with E-state index in [1.54, 1.807) is 6.20 Å². The fourth-order valence-corrected chi connectivity index (χ4v) is 1.77. The first-order chi connectivity index (χ1) is 8.66. The maximum Gasteiger partial charge on any atom is 0.219 e. The van der Waals surface area contributed by atoms with Gasteiger partial charge in [-0.15, -0.1) is 0 Å². The van der Waals surface area contributed by atoms with E-state index in [9.17, 15) is 4.79 Å². The van der Waals surface area contributed by atoms with Crippen LogP contribution in [0.5, 0.6) is 0 Å². The summed E-state index contributed by atoms with van der Waals surface area (Å²) in [6, 6.07) is 13.1. The molecule has 4 heteroatoms. The van der Waals surface area contributed by atoms with Crippen LogP contribution in [0.15, 0.2) is 48.7 Å². The lowest BCUT2D eigenvalue weighted by molar-refractivity contribution is -0.118. The number of amides is 1. The zero-order chi connectivity index (χ0) is 13.0. The van der Waals surface area contributed by atoms with Crippen molar-refractivity contribution in [3.63, 3.8) is 0 Å². The standard InChI is InChI=1S/C14H15N3O/c15-12(9-14(16)18)10-4-6-11(7-5-10)13-3-1-2-8-17-13/h1-8,12H,9,15H2,(H2,16,18). The van der Waals surface area contributed by atoms with Crippen molar-refractivity contribution in [2.24, 2.45) is 11.5 Å². The number of carbonyl (C=O) groups is 1. The number of benzene rings is 1. The van der Waals surface area contributed by atoms with Crippen LogP contribution in [-0.2, 0) is 4.79 Å². The van der Waals surface area contributed by atoms with Crippen LogP contribution in [0, 0.1) is 0 Å². The number of hydrogen-bond acceptors (Lipinski definition) is 3. The molecular formula is C14H15N3O. The summed E-state index contributed by atoms with van der Waals surface area (Å²) in [5.41, 5.74) is 13.8. The van der Waals surface area contributed by atoms with Gasteiger partial charge < -0.3 is 11.5 Å². The lowest BCUT2D eigenvalue weighted by Crippen LogP contribution is -2.20. The van der Waals surface area contributed by atoms with Gasteiger partial charge in [-0.05, 0) is 17.7 Å². The minimum absolute atomic E-state index is 0.156. The van der Waals surface area contributed by atoms with E-state index in [2.05, 4.69) is 4.98 Å². The Bertz CT molecular complexity index is 522. The van der Waals surface area contributed by atoms with Crippen molar-refractivity contribution in [2.75, 3.05) is 0 Å². The van der Waals surface area contributed by atoms with Crippen molar-refractivity contribution in [3.8, 4) is 11.3 Å². The molecule has 1 heterocycles. The molecule has 1 aromatic carbocycles. The molecule has 0 aliphatic carbocycles. The molecule has 4 nitrogen and oxygen atoms in total. The van der Waals surface area contributed by atoms with Crippen LogP contribution in [0.2, 0.25) is 0 Å². The molecule has 18 heavy (non-hydrogen) atoms. The summed E-state index contributed by atoms with van der Waals surface area (Å²) in [6.07, 6.45) is 1.91. The van der Waals surface area contributed by atoms with Crippen LogP contribution >= 0.6 is 0 Å². The topological polar surface area (TPSA) is 82.0 Å². The monoisotopic (exact) mass is 241 g/mol. The Hall–Kier alpha value is -2.20. The molecule has 4 N–H and O–H groups in total. The Labute approximate surface area is 106 Å². The first-order valence-corrected chi connectivity index (χ1v) is 5.72. The lowest BCUT2D eigenvalue weighted by Gasteiger charge is -2.10. The highest BCUT2D eigenvalue weighted by Crippen LogP contribution is 2.20. The van der Waals surface area contributed by atoms with Crippen LogP contribution < -0.4 is 11.5 Å². The molecular weight excluding hydrogens is 226 g/mol. The highest BCUT2D eigenvalue weighted by Gasteiger charge is 2.09. The average Bonchev–Trinajstić information content (AvgIpc) is 2.39. The van der Waals surface area contributed by atoms with E-state index >= 15 is 0 Å². The minimum Gasteiger partial charge on any atom is -0.370 e. The number of pyridine rings is 1. The number of hydrogen-bond donors (Lipinski definition) is 2. The number of carbonyl (C=O) groups excluding carboxylic acids is 1. The van der Waals surface area contributed by atoms with Gasteiger partial charge in [-0.25, -0.2) is 0 Å². The SMILES string of the molecule is NC(=O)CC(N)c1ccc(-c2ccccn2)cc1. The Morgan fingerprint density at radius 1 is 1.17 bits per heavy atom. The summed E-state index contributed by atoms with van der Waals surface area (Å²) in [5.74, 6) is -0.392. The van der Waals surface area contributed by atoms with E-state index in [1.165, 1.54) is 0 Å². The van der Waals surface area contributed by atoms with Gasteiger partial charge >= 0.3 is 0 Å². The molecule has 92 valence electrons. The lowest BCUT2D eigenvalue weighted by atomic mass is 10.0. The second kappa shape index (κ2) is 5.42. The van der Waals surface area contributed by atoms with E-state index in [0.29, 0.717) is 0 Å². The molecule has 0 aliphatic heterocycles. The van der Waals surface area contributed by atoms with Crippen molar-refractivity contribution in [2.45, 2.75) is 12.5 Å². The predicted molar refractivity (Wildman–Crippen MR) is 70.4 cm³/mol. The maximum atomic E-state index is 10.8. The Morgan fingerprint density at radius 3 is 2.44 bits per heavy atom. The van der Waals surface area contributed by atoms with Crippen molar-refractivity contribution in [1.82, 2.24) is 4.98 Å². The molecule has 2 rings (SSSR count). The van der Waals surface area contributed by atoms with Gasteiger partial charge in [-0.2, -0.15) is 0 Å². The predicted octanol–water partition coefficient (Wildman–Crippen LogP) is 1.62. The van der Waals surface area contributed by atoms with Crippen molar-refractivity contribution < 1.29 is 4.79 Å². The van der Waals surface area contributed by atoms with Gasteiger partial charge in [0.25, 0.3) is 0 Å². The number of aromatic nitrogens is 1. The van der Waals surface area contributed by atoms with Gasteiger partial charge in [0.1, 0.15) is 0 Å². The van der Waals surface area contributed by atoms with Crippen LogP contribution in [0.1, 0.15) is 18.0 Å². The fraction of sp³-hybridized carbons (Fsp3) is 0.143. The third-order valence-corrected chi connectivity index (χ3v) is 2.72. The highest BCUT2D eigenvalue weighted by molar-refractivity contribution is 5.74. The van der Waals surface area contributed by atoms with Gasteiger partial charge in [-0.3, -0.25) is 9.78 Å². The first kappa shape index (κ1) is 12.3. The fourth-order valence-electron chi connectivity index (χ4n) is 1.77. The van der Waals surface area contributed by atoms with Crippen LogP contribution in [0.3, 0.4) is 0 Å². The third kappa shape index (κ3) is 2.93. The molecule has 0 spiro atoms. The molecule has 1 amide bonds. The molecule has 0 radical (unpaired) electrons. The Morgan fingerprint density at radius 2 is 1.89 bits per heavy atom. The summed E-state index contributed by atoms with van der Waals surface area (Å²) in [4.78, 5) is 15.1. The first-order valence-electron chi connectivity index (χ1n) is 5.72. The summed E-state index contributed by atoms with van der Waals surface area (Å²) in [7, 11) is 0. The Balaban J connectivity index is 2.18. The molecule has 0 saturated heterocycles. The second-order valence-corrected chi connectivity index (χ2v) is 4.11. The smallest absolute Gasteiger partial charge is 0.219 e. The number of nitrogens with zero attached hydrogens (tertiary/aromatic N) is 1. The van der Waals surface area contributed by atoms with E-state index in [-0.39, 0.29) is 12.5 Å². The molecule has 1 aromatic heterocycles. The minimum atomic E-state index is -0.392. The van der Waals surface area contributed by atoms with Crippen molar-refractivity contribution in [1.29, 1.82) is 0 Å². The van der Waals surface area contributed by atoms with Crippen LogP contribution in [0.25, 0.3) is 11.3 Å². The zero-order valence-electron chi connectivity index (χ0n) is 9.91. The van der Waals surface area contributed by atoms with Gasteiger partial charge in [-0.1, -0.05) is 30.3 Å². The molecule has 0 saturated carbocycles. The zero-order valence-corrected chi connectivity index (χ0v) is 9.91. The van der Waals surface area contributed by atoms with E-state index in [4.69, 9.17) is 11.5 Å². The van der Waals surface area contributed by atoms with Crippen LogP contribution in [0.4, 0.5) is 0 Å². The molecule has 0 fully saturated rings. The van der Waals surface area contributed by atoms with Crippen molar-refractivity contribution in [3.05, 3.63) is 54.2 Å². The van der Waals surface area contributed by atoms with E-state index < -0.39 is 5.91 Å². The molecule has 0 aliphatic rings. The summed E-state index contributed by atoms with van der Waals surface area (Å²) < 4.78 is 0. The maximum absolute atomic E-state index is 10.8. The normalized spacial score (nSPS) is 12.1. The van der Waals surface area contributed by atoms with Gasteiger partial charge in [0.2, 0.25) is 5.91 Å². The molecule has 2 aromatic rings.